The SMILES string of the molecule is NCc1ccc(CN2CCC(N3CCOCC3)C2)o1. The number of rotatable bonds is 4. The van der Waals surface area contributed by atoms with E-state index < -0.39 is 0 Å². The number of nitrogens with zero attached hydrogens (tertiary/aromatic N) is 2. The maximum absolute atomic E-state index is 5.68. The van der Waals surface area contributed by atoms with Crippen molar-refractivity contribution >= 4 is 0 Å². The molecule has 2 N–H and O–H groups in total. The quantitative estimate of drug-likeness (QED) is 0.866. The predicted octanol–water partition coefficient (Wildman–Crippen LogP) is 0.645. The molecule has 1 atom stereocenters. The van der Waals surface area contributed by atoms with Gasteiger partial charge in [-0.2, -0.15) is 0 Å². The highest BCUT2D eigenvalue weighted by Gasteiger charge is 2.28. The third-order valence-corrected chi connectivity index (χ3v) is 4.11. The lowest BCUT2D eigenvalue weighted by atomic mass is 10.2. The van der Waals surface area contributed by atoms with E-state index in [0.29, 0.717) is 12.6 Å². The van der Waals surface area contributed by atoms with Crippen LogP contribution in [-0.4, -0.2) is 55.2 Å². The molecule has 1 unspecified atom stereocenters. The minimum Gasteiger partial charge on any atom is -0.463 e. The molecule has 0 aliphatic carbocycles. The van der Waals surface area contributed by atoms with Crippen LogP contribution in [0.1, 0.15) is 17.9 Å². The second-order valence-corrected chi connectivity index (χ2v) is 5.40. The van der Waals surface area contributed by atoms with E-state index in [1.54, 1.807) is 0 Å². The summed E-state index contributed by atoms with van der Waals surface area (Å²) in [4.78, 5) is 5.04. The molecule has 0 radical (unpaired) electrons. The fourth-order valence-corrected chi connectivity index (χ4v) is 3.03. The van der Waals surface area contributed by atoms with Gasteiger partial charge in [0.05, 0.1) is 26.3 Å². The lowest BCUT2D eigenvalue weighted by molar-refractivity contribution is 0.0182. The fraction of sp³-hybridized carbons (Fsp3) is 0.714. The van der Waals surface area contributed by atoms with E-state index in [1.807, 2.05) is 12.1 Å². The lowest BCUT2D eigenvalue weighted by Gasteiger charge is -2.32. The topological polar surface area (TPSA) is 54.9 Å². The van der Waals surface area contributed by atoms with E-state index >= 15 is 0 Å². The number of likely N-dealkylation sites (tertiary alicyclic amines) is 1. The summed E-state index contributed by atoms with van der Waals surface area (Å²) in [6.45, 7) is 7.60. The number of hydrogen-bond donors (Lipinski definition) is 1. The number of hydrogen-bond acceptors (Lipinski definition) is 5. The van der Waals surface area contributed by atoms with Gasteiger partial charge in [0.25, 0.3) is 0 Å². The van der Waals surface area contributed by atoms with Gasteiger partial charge in [0.1, 0.15) is 11.5 Å². The van der Waals surface area contributed by atoms with E-state index in [0.717, 1.165) is 57.5 Å². The highest BCUT2D eigenvalue weighted by Crippen LogP contribution is 2.19. The van der Waals surface area contributed by atoms with E-state index in [1.165, 1.54) is 6.42 Å². The van der Waals surface area contributed by atoms with Crippen molar-refractivity contribution in [2.45, 2.75) is 25.6 Å². The van der Waals surface area contributed by atoms with E-state index in [9.17, 15) is 0 Å². The lowest BCUT2D eigenvalue weighted by Crippen LogP contribution is -2.44. The van der Waals surface area contributed by atoms with Gasteiger partial charge in [0, 0.05) is 32.2 Å². The van der Waals surface area contributed by atoms with Crippen molar-refractivity contribution in [3.63, 3.8) is 0 Å². The Labute approximate surface area is 114 Å². The Morgan fingerprint density at radius 3 is 2.68 bits per heavy atom. The first-order chi connectivity index (χ1) is 9.35. The Hall–Kier alpha value is -0.880. The predicted molar refractivity (Wildman–Crippen MR) is 72.7 cm³/mol. The normalized spacial score (nSPS) is 26.1. The Morgan fingerprint density at radius 2 is 1.95 bits per heavy atom. The zero-order valence-corrected chi connectivity index (χ0v) is 11.4. The summed E-state index contributed by atoms with van der Waals surface area (Å²) in [7, 11) is 0. The van der Waals surface area contributed by atoms with Crippen molar-refractivity contribution < 1.29 is 9.15 Å². The van der Waals surface area contributed by atoms with E-state index in [2.05, 4.69) is 9.80 Å². The summed E-state index contributed by atoms with van der Waals surface area (Å²) in [5.41, 5.74) is 5.57. The highest BCUT2D eigenvalue weighted by atomic mass is 16.5. The van der Waals surface area contributed by atoms with Gasteiger partial charge in [0.15, 0.2) is 0 Å². The molecule has 106 valence electrons. The van der Waals surface area contributed by atoms with Crippen LogP contribution in [0.25, 0.3) is 0 Å². The third-order valence-electron chi connectivity index (χ3n) is 4.11. The number of furan rings is 1. The maximum Gasteiger partial charge on any atom is 0.118 e. The smallest absolute Gasteiger partial charge is 0.118 e. The average Bonchev–Trinajstić information content (AvgIpc) is 3.09. The highest BCUT2D eigenvalue weighted by molar-refractivity contribution is 5.07. The molecule has 2 fully saturated rings. The van der Waals surface area contributed by atoms with Crippen LogP contribution < -0.4 is 5.73 Å². The Bertz CT molecular complexity index is 401. The first-order valence-corrected chi connectivity index (χ1v) is 7.17. The molecule has 2 saturated heterocycles. The molecular formula is C14H23N3O2. The minimum atomic E-state index is 0.483. The molecule has 19 heavy (non-hydrogen) atoms. The molecule has 0 amide bonds. The Morgan fingerprint density at radius 1 is 1.16 bits per heavy atom. The minimum absolute atomic E-state index is 0.483. The van der Waals surface area contributed by atoms with Crippen LogP contribution in [-0.2, 0) is 17.8 Å². The Balaban J connectivity index is 1.51. The van der Waals surface area contributed by atoms with E-state index in [4.69, 9.17) is 14.9 Å². The van der Waals surface area contributed by atoms with Crippen LogP contribution in [0.3, 0.4) is 0 Å². The van der Waals surface area contributed by atoms with Crippen molar-refractivity contribution in [1.82, 2.24) is 9.80 Å². The first kappa shape index (κ1) is 13.1. The molecule has 5 nitrogen and oxygen atoms in total. The first-order valence-electron chi connectivity index (χ1n) is 7.17. The van der Waals surface area contributed by atoms with Gasteiger partial charge >= 0.3 is 0 Å². The largest absolute Gasteiger partial charge is 0.463 e. The number of ether oxygens (including phenoxy) is 1. The maximum atomic E-state index is 5.68. The van der Waals surface area contributed by atoms with Crippen molar-refractivity contribution in [3.05, 3.63) is 23.7 Å². The van der Waals surface area contributed by atoms with Gasteiger partial charge in [-0.05, 0) is 18.6 Å². The van der Waals surface area contributed by atoms with Gasteiger partial charge in [-0.3, -0.25) is 9.80 Å². The van der Waals surface area contributed by atoms with Crippen LogP contribution in [0, 0.1) is 0 Å². The summed E-state index contributed by atoms with van der Waals surface area (Å²) >= 11 is 0. The van der Waals surface area contributed by atoms with E-state index in [-0.39, 0.29) is 0 Å². The van der Waals surface area contributed by atoms with Gasteiger partial charge in [-0.25, -0.2) is 0 Å². The molecule has 2 aliphatic rings. The Kier molecular flexibility index (Phi) is 4.18. The molecule has 1 aromatic heterocycles. The average molecular weight is 265 g/mol. The molecule has 5 heteroatoms. The summed E-state index contributed by atoms with van der Waals surface area (Å²) in [6, 6.07) is 4.71. The zero-order valence-electron chi connectivity index (χ0n) is 11.4. The molecule has 0 saturated carbocycles. The second kappa shape index (κ2) is 6.05. The summed E-state index contributed by atoms with van der Waals surface area (Å²) in [6.07, 6.45) is 1.25. The molecular weight excluding hydrogens is 242 g/mol. The standard InChI is InChI=1S/C14H23N3O2/c15-9-13-1-2-14(19-13)11-16-4-3-12(10-16)17-5-7-18-8-6-17/h1-2,12H,3-11,15H2. The summed E-state index contributed by atoms with van der Waals surface area (Å²) in [5.74, 6) is 1.90. The molecule has 3 heterocycles. The third kappa shape index (κ3) is 3.17. The monoisotopic (exact) mass is 265 g/mol. The molecule has 0 spiro atoms. The van der Waals surface area contributed by atoms with Crippen LogP contribution in [0.5, 0.6) is 0 Å². The molecule has 1 aromatic rings. The zero-order chi connectivity index (χ0) is 13.1. The number of nitrogens with two attached hydrogens (primary N) is 1. The van der Waals surface area contributed by atoms with Gasteiger partial charge in [0.2, 0.25) is 0 Å². The van der Waals surface area contributed by atoms with Gasteiger partial charge < -0.3 is 14.9 Å². The van der Waals surface area contributed by atoms with Crippen molar-refractivity contribution in [2.75, 3.05) is 39.4 Å². The van der Waals surface area contributed by atoms with Crippen molar-refractivity contribution in [1.29, 1.82) is 0 Å². The molecule has 0 aromatic carbocycles. The molecule has 3 rings (SSSR count). The van der Waals surface area contributed by atoms with Crippen LogP contribution >= 0.6 is 0 Å². The molecule has 0 bridgehead atoms. The second-order valence-electron chi connectivity index (χ2n) is 5.40. The van der Waals surface area contributed by atoms with Crippen LogP contribution in [0.4, 0.5) is 0 Å². The summed E-state index contributed by atoms with van der Waals surface area (Å²) < 4.78 is 11.1. The van der Waals surface area contributed by atoms with Crippen molar-refractivity contribution in [2.24, 2.45) is 5.73 Å². The molecule has 2 aliphatic heterocycles. The fourth-order valence-electron chi connectivity index (χ4n) is 3.03. The number of morpholine rings is 1. The van der Waals surface area contributed by atoms with Crippen LogP contribution in [0.2, 0.25) is 0 Å². The van der Waals surface area contributed by atoms with Crippen LogP contribution in [0.15, 0.2) is 16.5 Å². The van der Waals surface area contributed by atoms with Crippen molar-refractivity contribution in [3.8, 4) is 0 Å². The summed E-state index contributed by atoms with van der Waals surface area (Å²) in [5, 5.41) is 0. The van der Waals surface area contributed by atoms with Gasteiger partial charge in [-0.15, -0.1) is 0 Å². The van der Waals surface area contributed by atoms with Gasteiger partial charge in [-0.1, -0.05) is 0 Å².